The average Bonchev–Trinajstić information content (AvgIpc) is 2.85. The second kappa shape index (κ2) is 5.98. The minimum atomic E-state index is 0.438. The molecule has 0 bridgehead atoms. The quantitative estimate of drug-likeness (QED) is 0.821. The Balaban J connectivity index is 2.09. The van der Waals surface area contributed by atoms with Gasteiger partial charge in [0.2, 0.25) is 5.95 Å². The van der Waals surface area contributed by atoms with E-state index in [-0.39, 0.29) is 0 Å². The van der Waals surface area contributed by atoms with Crippen molar-refractivity contribution in [3.63, 3.8) is 0 Å². The molecule has 1 aromatic rings. The number of nitriles is 1. The highest BCUT2D eigenvalue weighted by Crippen LogP contribution is 2.19. The maximum Gasteiger partial charge on any atom is 0.226 e. The predicted octanol–water partition coefficient (Wildman–Crippen LogP) is 1.58. The molecular formula is C14H21N5. The molecule has 0 saturated carbocycles. The summed E-state index contributed by atoms with van der Waals surface area (Å²) < 4.78 is 0. The summed E-state index contributed by atoms with van der Waals surface area (Å²) in [4.78, 5) is 13.3. The fourth-order valence-electron chi connectivity index (χ4n) is 2.70. The molecule has 1 unspecified atom stereocenters. The topological polar surface area (TPSA) is 56.0 Å². The SMILES string of the molecule is CCN1CCCC1CN(C)c1nc(C)cc(C#N)n1. The lowest BCUT2D eigenvalue weighted by molar-refractivity contribution is 0.270. The fraction of sp³-hybridized carbons (Fsp3) is 0.643. The summed E-state index contributed by atoms with van der Waals surface area (Å²) in [7, 11) is 2.00. The van der Waals surface area contributed by atoms with Crippen molar-refractivity contribution in [3.8, 4) is 6.07 Å². The van der Waals surface area contributed by atoms with Gasteiger partial charge in [-0.05, 0) is 38.9 Å². The highest BCUT2D eigenvalue weighted by atomic mass is 15.3. The molecule has 1 aliphatic heterocycles. The Morgan fingerprint density at radius 2 is 2.32 bits per heavy atom. The van der Waals surface area contributed by atoms with Crippen LogP contribution in [0.15, 0.2) is 6.07 Å². The molecule has 1 atom stereocenters. The maximum absolute atomic E-state index is 8.97. The largest absolute Gasteiger partial charge is 0.342 e. The van der Waals surface area contributed by atoms with Crippen molar-refractivity contribution in [1.29, 1.82) is 5.26 Å². The van der Waals surface area contributed by atoms with Crippen molar-refractivity contribution in [2.75, 3.05) is 31.6 Å². The van der Waals surface area contributed by atoms with E-state index in [9.17, 15) is 0 Å². The summed E-state index contributed by atoms with van der Waals surface area (Å²) in [6.45, 7) is 7.30. The third-order valence-electron chi connectivity index (χ3n) is 3.69. The molecule has 0 amide bonds. The molecular weight excluding hydrogens is 238 g/mol. The maximum atomic E-state index is 8.97. The molecule has 5 nitrogen and oxygen atoms in total. The Labute approximate surface area is 114 Å². The van der Waals surface area contributed by atoms with Crippen LogP contribution in [0.4, 0.5) is 5.95 Å². The highest BCUT2D eigenvalue weighted by molar-refractivity contribution is 5.35. The van der Waals surface area contributed by atoms with Gasteiger partial charge < -0.3 is 4.90 Å². The third kappa shape index (κ3) is 3.21. The number of rotatable bonds is 4. The van der Waals surface area contributed by atoms with Crippen LogP contribution in [0.5, 0.6) is 0 Å². The zero-order valence-electron chi connectivity index (χ0n) is 11.9. The van der Waals surface area contributed by atoms with E-state index in [1.165, 1.54) is 19.4 Å². The number of aromatic nitrogens is 2. The molecule has 0 aromatic carbocycles. The Morgan fingerprint density at radius 1 is 1.53 bits per heavy atom. The van der Waals surface area contributed by atoms with E-state index >= 15 is 0 Å². The lowest BCUT2D eigenvalue weighted by Crippen LogP contribution is -2.39. The zero-order valence-corrected chi connectivity index (χ0v) is 11.9. The Bertz CT molecular complexity index is 479. The summed E-state index contributed by atoms with van der Waals surface area (Å²) in [6, 6.07) is 4.38. The molecule has 102 valence electrons. The number of anilines is 1. The van der Waals surface area contributed by atoms with Crippen LogP contribution in [0.2, 0.25) is 0 Å². The molecule has 19 heavy (non-hydrogen) atoms. The molecule has 0 N–H and O–H groups in total. The highest BCUT2D eigenvalue weighted by Gasteiger charge is 2.24. The van der Waals surface area contributed by atoms with E-state index in [4.69, 9.17) is 5.26 Å². The number of likely N-dealkylation sites (tertiary alicyclic amines) is 1. The Kier molecular flexibility index (Phi) is 4.33. The smallest absolute Gasteiger partial charge is 0.226 e. The summed E-state index contributed by atoms with van der Waals surface area (Å²) in [6.07, 6.45) is 2.50. The van der Waals surface area contributed by atoms with E-state index < -0.39 is 0 Å². The van der Waals surface area contributed by atoms with Crippen LogP contribution in [-0.4, -0.2) is 47.6 Å². The van der Waals surface area contributed by atoms with Crippen molar-refractivity contribution in [1.82, 2.24) is 14.9 Å². The first-order chi connectivity index (χ1) is 9.13. The van der Waals surface area contributed by atoms with Crippen LogP contribution in [0.1, 0.15) is 31.2 Å². The van der Waals surface area contributed by atoms with Crippen LogP contribution in [0.25, 0.3) is 0 Å². The molecule has 0 spiro atoms. The van der Waals surface area contributed by atoms with Crippen LogP contribution >= 0.6 is 0 Å². The molecule has 0 radical (unpaired) electrons. The van der Waals surface area contributed by atoms with Gasteiger partial charge in [-0.15, -0.1) is 0 Å². The van der Waals surface area contributed by atoms with E-state index in [1.54, 1.807) is 6.07 Å². The van der Waals surface area contributed by atoms with Crippen molar-refractivity contribution in [2.24, 2.45) is 0 Å². The number of hydrogen-bond donors (Lipinski definition) is 0. The molecule has 0 aliphatic carbocycles. The van der Waals surface area contributed by atoms with E-state index in [2.05, 4.69) is 32.8 Å². The predicted molar refractivity (Wildman–Crippen MR) is 75.0 cm³/mol. The van der Waals surface area contributed by atoms with Gasteiger partial charge in [-0.3, -0.25) is 4.90 Å². The fourth-order valence-corrected chi connectivity index (χ4v) is 2.70. The Morgan fingerprint density at radius 3 is 3.00 bits per heavy atom. The van der Waals surface area contributed by atoms with E-state index in [0.29, 0.717) is 17.7 Å². The summed E-state index contributed by atoms with van der Waals surface area (Å²) in [5.74, 6) is 0.652. The van der Waals surface area contributed by atoms with Gasteiger partial charge in [-0.25, -0.2) is 9.97 Å². The molecule has 2 heterocycles. The van der Waals surface area contributed by atoms with Gasteiger partial charge in [0, 0.05) is 25.3 Å². The van der Waals surface area contributed by atoms with Crippen molar-refractivity contribution in [2.45, 2.75) is 32.7 Å². The molecule has 1 aromatic heterocycles. The van der Waals surface area contributed by atoms with Crippen molar-refractivity contribution < 1.29 is 0 Å². The minimum absolute atomic E-state index is 0.438. The lowest BCUT2D eigenvalue weighted by Gasteiger charge is -2.27. The first-order valence-electron chi connectivity index (χ1n) is 6.85. The first kappa shape index (κ1) is 13.8. The standard InChI is InChI=1S/C14H21N5/c1-4-19-7-5-6-13(19)10-18(3)14-16-11(2)8-12(9-15)17-14/h8,13H,4-7,10H2,1-3H3. The van der Waals surface area contributed by atoms with Gasteiger partial charge in [0.05, 0.1) is 0 Å². The van der Waals surface area contributed by atoms with Gasteiger partial charge in [-0.2, -0.15) is 5.26 Å². The molecule has 5 heteroatoms. The first-order valence-corrected chi connectivity index (χ1v) is 6.85. The monoisotopic (exact) mass is 259 g/mol. The van der Waals surface area contributed by atoms with Gasteiger partial charge in [0.25, 0.3) is 0 Å². The minimum Gasteiger partial charge on any atom is -0.342 e. The number of likely N-dealkylation sites (N-methyl/N-ethyl adjacent to an activating group) is 2. The second-order valence-electron chi connectivity index (χ2n) is 5.11. The average molecular weight is 259 g/mol. The summed E-state index contributed by atoms with van der Waals surface area (Å²) in [5, 5.41) is 8.97. The van der Waals surface area contributed by atoms with Gasteiger partial charge in [0.15, 0.2) is 0 Å². The van der Waals surface area contributed by atoms with Crippen LogP contribution in [0, 0.1) is 18.3 Å². The summed E-state index contributed by atoms with van der Waals surface area (Å²) in [5.41, 5.74) is 1.28. The Hall–Kier alpha value is -1.67. The second-order valence-corrected chi connectivity index (χ2v) is 5.11. The van der Waals surface area contributed by atoms with Crippen molar-refractivity contribution >= 4 is 5.95 Å². The van der Waals surface area contributed by atoms with Crippen LogP contribution < -0.4 is 4.90 Å². The number of aryl methyl sites for hydroxylation is 1. The van der Waals surface area contributed by atoms with Crippen LogP contribution in [0.3, 0.4) is 0 Å². The van der Waals surface area contributed by atoms with Crippen LogP contribution in [-0.2, 0) is 0 Å². The summed E-state index contributed by atoms with van der Waals surface area (Å²) >= 11 is 0. The zero-order chi connectivity index (χ0) is 13.8. The van der Waals surface area contributed by atoms with E-state index in [0.717, 1.165) is 18.8 Å². The lowest BCUT2D eigenvalue weighted by atomic mass is 10.2. The molecule has 2 rings (SSSR count). The normalized spacial score (nSPS) is 19.4. The van der Waals surface area contributed by atoms with Crippen molar-refractivity contribution in [3.05, 3.63) is 17.5 Å². The molecule has 1 saturated heterocycles. The third-order valence-corrected chi connectivity index (χ3v) is 3.69. The number of hydrogen-bond acceptors (Lipinski definition) is 5. The van der Waals surface area contributed by atoms with Gasteiger partial charge >= 0.3 is 0 Å². The molecule has 1 fully saturated rings. The number of nitrogens with zero attached hydrogens (tertiary/aromatic N) is 5. The van der Waals surface area contributed by atoms with Gasteiger partial charge in [-0.1, -0.05) is 6.92 Å². The van der Waals surface area contributed by atoms with Gasteiger partial charge in [0.1, 0.15) is 11.8 Å². The van der Waals surface area contributed by atoms with E-state index in [1.807, 2.05) is 14.0 Å². The molecule has 1 aliphatic rings.